The van der Waals surface area contributed by atoms with E-state index in [9.17, 15) is 0 Å². The van der Waals surface area contributed by atoms with Gasteiger partial charge >= 0.3 is 0 Å². The van der Waals surface area contributed by atoms with Gasteiger partial charge in [-0.05, 0) is 24.8 Å². The van der Waals surface area contributed by atoms with E-state index in [0.717, 1.165) is 18.4 Å². The lowest BCUT2D eigenvalue weighted by Gasteiger charge is -2.27. The summed E-state index contributed by atoms with van der Waals surface area (Å²) in [6, 6.07) is 0. The Bertz CT molecular complexity index is 182. The lowest BCUT2D eigenvalue weighted by Crippen LogP contribution is -2.13. The van der Waals surface area contributed by atoms with Gasteiger partial charge in [-0.2, -0.15) is 0 Å². The topological polar surface area (TPSA) is 26.0 Å². The lowest BCUT2D eigenvalue weighted by molar-refractivity contribution is 0.253. The van der Waals surface area contributed by atoms with E-state index in [1.165, 1.54) is 89.9 Å². The van der Waals surface area contributed by atoms with Crippen LogP contribution in [0.2, 0.25) is 0 Å². The SMILES string of the molecule is CCC1CCC(CCCCCCCCCCN)CC1. The molecule has 1 aliphatic rings. The zero-order valence-corrected chi connectivity index (χ0v) is 13.3. The number of hydrogen-bond donors (Lipinski definition) is 1. The summed E-state index contributed by atoms with van der Waals surface area (Å²) in [6.45, 7) is 3.23. The van der Waals surface area contributed by atoms with Crippen molar-refractivity contribution in [2.45, 2.75) is 96.8 Å². The van der Waals surface area contributed by atoms with Crippen molar-refractivity contribution in [2.24, 2.45) is 17.6 Å². The van der Waals surface area contributed by atoms with Crippen LogP contribution in [0, 0.1) is 11.8 Å². The molecule has 0 aliphatic heterocycles. The Morgan fingerprint density at radius 3 is 1.68 bits per heavy atom. The minimum Gasteiger partial charge on any atom is -0.330 e. The Hall–Kier alpha value is -0.0400. The monoisotopic (exact) mass is 267 g/mol. The molecular weight excluding hydrogens is 230 g/mol. The normalized spacial score (nSPS) is 23.7. The Kier molecular flexibility index (Phi) is 10.5. The van der Waals surface area contributed by atoms with Crippen molar-refractivity contribution in [3.8, 4) is 0 Å². The van der Waals surface area contributed by atoms with E-state index in [2.05, 4.69) is 6.92 Å². The van der Waals surface area contributed by atoms with Gasteiger partial charge in [-0.3, -0.25) is 0 Å². The summed E-state index contributed by atoms with van der Waals surface area (Å²) in [4.78, 5) is 0. The molecule has 0 aromatic heterocycles. The Morgan fingerprint density at radius 2 is 1.16 bits per heavy atom. The van der Waals surface area contributed by atoms with Crippen LogP contribution in [0.25, 0.3) is 0 Å². The third-order valence-electron chi connectivity index (χ3n) is 5.11. The molecule has 0 atom stereocenters. The van der Waals surface area contributed by atoms with Gasteiger partial charge < -0.3 is 5.73 Å². The molecule has 1 fully saturated rings. The fraction of sp³-hybridized carbons (Fsp3) is 1.00. The van der Waals surface area contributed by atoms with Gasteiger partial charge in [-0.15, -0.1) is 0 Å². The quantitative estimate of drug-likeness (QED) is 0.479. The highest BCUT2D eigenvalue weighted by Crippen LogP contribution is 2.33. The molecule has 1 saturated carbocycles. The molecule has 0 bridgehead atoms. The summed E-state index contributed by atoms with van der Waals surface area (Å²) < 4.78 is 0. The Labute approximate surface area is 121 Å². The maximum atomic E-state index is 5.50. The van der Waals surface area contributed by atoms with E-state index in [1.807, 2.05) is 0 Å². The zero-order chi connectivity index (χ0) is 13.8. The largest absolute Gasteiger partial charge is 0.330 e. The first-order chi connectivity index (χ1) is 9.36. The standard InChI is InChI=1S/C18H37N/c1-2-17-12-14-18(15-13-17)11-9-7-5-3-4-6-8-10-16-19/h17-18H,2-16,19H2,1H3. The van der Waals surface area contributed by atoms with E-state index >= 15 is 0 Å². The molecule has 0 amide bonds. The van der Waals surface area contributed by atoms with E-state index in [1.54, 1.807) is 0 Å². The predicted octanol–water partition coefficient (Wildman–Crippen LogP) is 5.67. The highest BCUT2D eigenvalue weighted by molar-refractivity contribution is 4.71. The number of nitrogens with two attached hydrogens (primary N) is 1. The molecule has 19 heavy (non-hydrogen) atoms. The van der Waals surface area contributed by atoms with Crippen molar-refractivity contribution in [2.75, 3.05) is 6.54 Å². The molecule has 0 unspecified atom stereocenters. The molecule has 0 spiro atoms. The Balaban J connectivity index is 1.81. The van der Waals surface area contributed by atoms with Crippen LogP contribution < -0.4 is 5.73 Å². The first kappa shape index (κ1) is 17.0. The van der Waals surface area contributed by atoms with Crippen LogP contribution >= 0.6 is 0 Å². The second kappa shape index (κ2) is 11.8. The average Bonchev–Trinajstić information content (AvgIpc) is 2.46. The number of hydrogen-bond acceptors (Lipinski definition) is 1. The predicted molar refractivity (Wildman–Crippen MR) is 86.3 cm³/mol. The average molecular weight is 268 g/mol. The van der Waals surface area contributed by atoms with Crippen molar-refractivity contribution in [1.82, 2.24) is 0 Å². The fourth-order valence-corrected chi connectivity index (χ4v) is 3.57. The number of rotatable bonds is 11. The van der Waals surface area contributed by atoms with E-state index in [4.69, 9.17) is 5.73 Å². The second-order valence-corrected chi connectivity index (χ2v) is 6.70. The third-order valence-corrected chi connectivity index (χ3v) is 5.11. The maximum Gasteiger partial charge on any atom is -0.00773 e. The van der Waals surface area contributed by atoms with Crippen molar-refractivity contribution < 1.29 is 0 Å². The summed E-state index contributed by atoms with van der Waals surface area (Å²) >= 11 is 0. The summed E-state index contributed by atoms with van der Waals surface area (Å²) in [5, 5.41) is 0. The fourth-order valence-electron chi connectivity index (χ4n) is 3.57. The highest BCUT2D eigenvalue weighted by Gasteiger charge is 2.19. The molecule has 1 aliphatic carbocycles. The summed E-state index contributed by atoms with van der Waals surface area (Å²) in [7, 11) is 0. The molecule has 0 aromatic rings. The third kappa shape index (κ3) is 8.68. The molecule has 114 valence electrons. The van der Waals surface area contributed by atoms with Gasteiger partial charge in [0.25, 0.3) is 0 Å². The lowest BCUT2D eigenvalue weighted by atomic mass is 9.79. The molecule has 0 heterocycles. The van der Waals surface area contributed by atoms with Gasteiger partial charge in [0.15, 0.2) is 0 Å². The van der Waals surface area contributed by atoms with Crippen molar-refractivity contribution in [1.29, 1.82) is 0 Å². The minimum absolute atomic E-state index is 0.875. The van der Waals surface area contributed by atoms with Crippen molar-refractivity contribution in [3.63, 3.8) is 0 Å². The second-order valence-electron chi connectivity index (χ2n) is 6.70. The minimum atomic E-state index is 0.875. The van der Waals surface area contributed by atoms with Crippen LogP contribution in [0.3, 0.4) is 0 Å². The van der Waals surface area contributed by atoms with Gasteiger partial charge in [0.2, 0.25) is 0 Å². The van der Waals surface area contributed by atoms with Crippen LogP contribution in [-0.2, 0) is 0 Å². The molecular formula is C18H37N. The van der Waals surface area contributed by atoms with E-state index < -0.39 is 0 Å². The van der Waals surface area contributed by atoms with Gasteiger partial charge in [-0.1, -0.05) is 90.4 Å². The molecule has 2 N–H and O–H groups in total. The first-order valence-electron chi connectivity index (χ1n) is 9.06. The molecule has 0 saturated heterocycles. The van der Waals surface area contributed by atoms with E-state index in [0.29, 0.717) is 0 Å². The van der Waals surface area contributed by atoms with E-state index in [-0.39, 0.29) is 0 Å². The van der Waals surface area contributed by atoms with Crippen molar-refractivity contribution in [3.05, 3.63) is 0 Å². The zero-order valence-electron chi connectivity index (χ0n) is 13.3. The van der Waals surface area contributed by atoms with Crippen LogP contribution in [-0.4, -0.2) is 6.54 Å². The smallest absolute Gasteiger partial charge is 0.00773 e. The van der Waals surface area contributed by atoms with Crippen LogP contribution in [0.1, 0.15) is 96.8 Å². The van der Waals surface area contributed by atoms with Gasteiger partial charge in [-0.25, -0.2) is 0 Å². The van der Waals surface area contributed by atoms with Crippen LogP contribution in [0.4, 0.5) is 0 Å². The maximum absolute atomic E-state index is 5.50. The molecule has 0 aromatic carbocycles. The highest BCUT2D eigenvalue weighted by atomic mass is 14.5. The molecule has 1 nitrogen and oxygen atoms in total. The summed E-state index contributed by atoms with van der Waals surface area (Å²) in [6.07, 6.45) is 20.3. The van der Waals surface area contributed by atoms with Gasteiger partial charge in [0, 0.05) is 0 Å². The first-order valence-corrected chi connectivity index (χ1v) is 9.06. The van der Waals surface area contributed by atoms with Gasteiger partial charge in [0.05, 0.1) is 0 Å². The molecule has 1 heteroatoms. The Morgan fingerprint density at radius 1 is 0.684 bits per heavy atom. The summed E-state index contributed by atoms with van der Waals surface area (Å²) in [5.74, 6) is 2.14. The van der Waals surface area contributed by atoms with Crippen LogP contribution in [0.15, 0.2) is 0 Å². The summed E-state index contributed by atoms with van der Waals surface area (Å²) in [5.41, 5.74) is 5.50. The molecule has 1 rings (SSSR count). The van der Waals surface area contributed by atoms with Gasteiger partial charge in [0.1, 0.15) is 0 Å². The van der Waals surface area contributed by atoms with Crippen molar-refractivity contribution >= 4 is 0 Å². The number of unbranched alkanes of at least 4 members (excludes halogenated alkanes) is 7. The van der Waals surface area contributed by atoms with Crippen LogP contribution in [0.5, 0.6) is 0 Å². The molecule has 0 radical (unpaired) electrons.